The molecule has 0 amide bonds. The molecule has 0 unspecified atom stereocenters. The Hall–Kier alpha value is -1.33. The van der Waals surface area contributed by atoms with Gasteiger partial charge in [-0.1, -0.05) is 25.4 Å². The van der Waals surface area contributed by atoms with E-state index in [2.05, 4.69) is 5.32 Å². The van der Waals surface area contributed by atoms with Crippen LogP contribution in [-0.4, -0.2) is 22.7 Å². The van der Waals surface area contributed by atoms with E-state index in [1.807, 2.05) is 13.8 Å². The first-order valence-electron chi connectivity index (χ1n) is 5.77. The van der Waals surface area contributed by atoms with Crippen molar-refractivity contribution in [2.45, 2.75) is 26.3 Å². The van der Waals surface area contributed by atoms with Gasteiger partial charge >= 0.3 is 0 Å². The summed E-state index contributed by atoms with van der Waals surface area (Å²) in [6, 6.07) is 4.50. The van der Waals surface area contributed by atoms with Crippen molar-refractivity contribution in [1.82, 2.24) is 0 Å². The minimum Gasteiger partial charge on any atom is -0.396 e. The van der Waals surface area contributed by atoms with Crippen molar-refractivity contribution in [3.8, 4) is 0 Å². The maximum atomic E-state index is 10.9. The molecule has 5 nitrogen and oxygen atoms in total. The number of nitrogens with one attached hydrogen (secondary N) is 1. The van der Waals surface area contributed by atoms with Crippen LogP contribution in [0.15, 0.2) is 18.2 Å². The number of hydrogen-bond donors (Lipinski definition) is 2. The minimum atomic E-state index is -0.468. The number of aliphatic hydroxyl groups is 1. The maximum Gasteiger partial charge on any atom is 0.293 e. The quantitative estimate of drug-likeness (QED) is 0.616. The molecule has 1 aromatic carbocycles. The second-order valence-corrected chi connectivity index (χ2v) is 4.86. The van der Waals surface area contributed by atoms with E-state index in [1.54, 1.807) is 12.1 Å². The third-order valence-electron chi connectivity index (χ3n) is 2.74. The molecule has 0 radical (unpaired) electrons. The molecule has 18 heavy (non-hydrogen) atoms. The van der Waals surface area contributed by atoms with Crippen molar-refractivity contribution in [3.05, 3.63) is 33.3 Å². The zero-order chi connectivity index (χ0) is 13.7. The lowest BCUT2D eigenvalue weighted by atomic mass is 10.0. The fourth-order valence-electron chi connectivity index (χ4n) is 1.69. The molecular formula is C12H17ClN2O3. The van der Waals surface area contributed by atoms with E-state index in [0.717, 1.165) is 0 Å². The zero-order valence-electron chi connectivity index (χ0n) is 10.4. The molecule has 1 atom stereocenters. The first kappa shape index (κ1) is 14.7. The van der Waals surface area contributed by atoms with Crippen molar-refractivity contribution >= 4 is 23.0 Å². The number of anilines is 1. The largest absolute Gasteiger partial charge is 0.396 e. The van der Waals surface area contributed by atoms with Crippen LogP contribution in [0.4, 0.5) is 11.4 Å². The summed E-state index contributed by atoms with van der Waals surface area (Å²) in [6.45, 7) is 4.03. The van der Waals surface area contributed by atoms with Gasteiger partial charge in [-0.05, 0) is 24.5 Å². The molecule has 1 rings (SSSR count). The van der Waals surface area contributed by atoms with Crippen molar-refractivity contribution in [3.63, 3.8) is 0 Å². The number of benzene rings is 1. The van der Waals surface area contributed by atoms with Gasteiger partial charge in [0.15, 0.2) is 0 Å². The third-order valence-corrected chi connectivity index (χ3v) is 2.98. The van der Waals surface area contributed by atoms with Crippen LogP contribution in [0, 0.1) is 16.0 Å². The summed E-state index contributed by atoms with van der Waals surface area (Å²) in [4.78, 5) is 10.5. The van der Waals surface area contributed by atoms with Gasteiger partial charge in [0.1, 0.15) is 5.69 Å². The molecule has 0 saturated heterocycles. The summed E-state index contributed by atoms with van der Waals surface area (Å²) >= 11 is 5.75. The molecule has 0 fully saturated rings. The normalized spacial score (nSPS) is 12.5. The highest BCUT2D eigenvalue weighted by Gasteiger charge is 2.19. The number of nitrogens with zero attached hydrogens (tertiary/aromatic N) is 1. The summed E-state index contributed by atoms with van der Waals surface area (Å²) in [6.07, 6.45) is 0.539. The fourth-order valence-corrected chi connectivity index (χ4v) is 1.86. The number of halogens is 1. The molecule has 0 spiro atoms. The summed E-state index contributed by atoms with van der Waals surface area (Å²) in [5, 5.41) is 23.4. The number of nitro groups is 1. The molecule has 0 aromatic heterocycles. The van der Waals surface area contributed by atoms with Gasteiger partial charge in [-0.2, -0.15) is 0 Å². The minimum absolute atomic E-state index is 0.0186. The van der Waals surface area contributed by atoms with Crippen LogP contribution in [0.5, 0.6) is 0 Å². The Morgan fingerprint density at radius 2 is 2.17 bits per heavy atom. The van der Waals surface area contributed by atoms with Gasteiger partial charge in [0.25, 0.3) is 5.69 Å². The highest BCUT2D eigenvalue weighted by Crippen LogP contribution is 2.29. The summed E-state index contributed by atoms with van der Waals surface area (Å²) in [5.41, 5.74) is 0.377. The zero-order valence-corrected chi connectivity index (χ0v) is 11.1. The standard InChI is InChI=1S/C12H17ClN2O3/c1-8(2)10(5-6-16)14-11-4-3-9(13)7-12(11)15(17)18/h3-4,7-8,10,14,16H,5-6H2,1-2H3/t10-/m1/s1. The van der Waals surface area contributed by atoms with Gasteiger partial charge in [0.05, 0.1) is 4.92 Å². The first-order chi connectivity index (χ1) is 8.45. The van der Waals surface area contributed by atoms with Crippen LogP contribution >= 0.6 is 11.6 Å². The average Bonchev–Trinajstić information content (AvgIpc) is 2.30. The number of rotatable bonds is 6. The van der Waals surface area contributed by atoms with E-state index in [0.29, 0.717) is 17.1 Å². The predicted molar refractivity (Wildman–Crippen MR) is 72.1 cm³/mol. The number of nitro benzene ring substituents is 1. The Morgan fingerprint density at radius 1 is 1.50 bits per heavy atom. The maximum absolute atomic E-state index is 10.9. The molecule has 0 heterocycles. The fraction of sp³-hybridized carbons (Fsp3) is 0.500. The highest BCUT2D eigenvalue weighted by molar-refractivity contribution is 6.30. The molecule has 6 heteroatoms. The Morgan fingerprint density at radius 3 is 2.67 bits per heavy atom. The van der Waals surface area contributed by atoms with Gasteiger partial charge < -0.3 is 10.4 Å². The molecule has 0 aliphatic heterocycles. The molecule has 100 valence electrons. The second kappa shape index (κ2) is 6.56. The molecule has 1 aromatic rings. The van der Waals surface area contributed by atoms with Crippen molar-refractivity contribution < 1.29 is 10.0 Å². The van der Waals surface area contributed by atoms with E-state index >= 15 is 0 Å². The topological polar surface area (TPSA) is 75.4 Å². The Kier molecular flexibility index (Phi) is 5.37. The van der Waals surface area contributed by atoms with Crippen molar-refractivity contribution in [1.29, 1.82) is 0 Å². The second-order valence-electron chi connectivity index (χ2n) is 4.43. The Balaban J connectivity index is 2.98. The van der Waals surface area contributed by atoms with Crippen LogP contribution in [0.3, 0.4) is 0 Å². The van der Waals surface area contributed by atoms with Gasteiger partial charge in [-0.15, -0.1) is 0 Å². The summed E-state index contributed by atoms with van der Waals surface area (Å²) < 4.78 is 0. The molecule has 0 bridgehead atoms. The van der Waals surface area contributed by atoms with Crippen LogP contribution in [0.25, 0.3) is 0 Å². The Bertz CT molecular complexity index is 424. The summed E-state index contributed by atoms with van der Waals surface area (Å²) in [7, 11) is 0. The van der Waals surface area contributed by atoms with E-state index < -0.39 is 4.92 Å². The SMILES string of the molecule is CC(C)[C@@H](CCO)Nc1ccc(Cl)cc1[N+](=O)[O-]. The smallest absolute Gasteiger partial charge is 0.293 e. The lowest BCUT2D eigenvalue weighted by Crippen LogP contribution is -2.27. The third kappa shape index (κ3) is 3.85. The van der Waals surface area contributed by atoms with Crippen molar-refractivity contribution in [2.24, 2.45) is 5.92 Å². The summed E-state index contributed by atoms with van der Waals surface area (Å²) in [5.74, 6) is 0.257. The van der Waals surface area contributed by atoms with E-state index in [-0.39, 0.29) is 24.3 Å². The average molecular weight is 273 g/mol. The van der Waals surface area contributed by atoms with Crippen molar-refractivity contribution in [2.75, 3.05) is 11.9 Å². The highest BCUT2D eigenvalue weighted by atomic mass is 35.5. The molecule has 0 aliphatic rings. The Labute approximate surface area is 111 Å². The first-order valence-corrected chi connectivity index (χ1v) is 6.14. The molecule has 0 saturated carbocycles. The van der Waals surface area contributed by atoms with Crippen LogP contribution in [0.1, 0.15) is 20.3 Å². The molecule has 2 N–H and O–H groups in total. The monoisotopic (exact) mass is 272 g/mol. The van der Waals surface area contributed by atoms with Gasteiger partial charge in [0.2, 0.25) is 0 Å². The van der Waals surface area contributed by atoms with E-state index in [1.165, 1.54) is 6.07 Å². The lowest BCUT2D eigenvalue weighted by Gasteiger charge is -2.22. The number of hydrogen-bond acceptors (Lipinski definition) is 4. The van der Waals surface area contributed by atoms with Gasteiger partial charge in [-0.25, -0.2) is 0 Å². The number of aliphatic hydroxyl groups excluding tert-OH is 1. The van der Waals surface area contributed by atoms with E-state index in [9.17, 15) is 10.1 Å². The molecular weight excluding hydrogens is 256 g/mol. The van der Waals surface area contributed by atoms with Gasteiger partial charge in [-0.3, -0.25) is 10.1 Å². The lowest BCUT2D eigenvalue weighted by molar-refractivity contribution is -0.384. The van der Waals surface area contributed by atoms with Gasteiger partial charge in [0, 0.05) is 23.7 Å². The van der Waals surface area contributed by atoms with Crippen LogP contribution in [-0.2, 0) is 0 Å². The predicted octanol–water partition coefficient (Wildman–Crippen LogP) is 3.07. The van der Waals surface area contributed by atoms with Crippen LogP contribution in [0.2, 0.25) is 5.02 Å². The van der Waals surface area contributed by atoms with Crippen LogP contribution < -0.4 is 5.32 Å². The molecule has 0 aliphatic carbocycles. The van der Waals surface area contributed by atoms with E-state index in [4.69, 9.17) is 16.7 Å².